The molecular weight excluding hydrogens is 326 g/mol. The van der Waals surface area contributed by atoms with Crippen LogP contribution in [0.3, 0.4) is 0 Å². The van der Waals surface area contributed by atoms with Gasteiger partial charge in [0, 0.05) is 6.07 Å². The molecule has 1 N–H and O–H groups in total. The third-order valence-corrected chi connectivity index (χ3v) is 4.20. The monoisotopic (exact) mass is 347 g/mol. The van der Waals surface area contributed by atoms with Crippen LogP contribution in [-0.2, 0) is 6.54 Å². The summed E-state index contributed by atoms with van der Waals surface area (Å²) in [6.07, 6.45) is 0. The van der Waals surface area contributed by atoms with Crippen LogP contribution in [0.2, 0.25) is 0 Å². The Balaban J connectivity index is 1.77. The summed E-state index contributed by atoms with van der Waals surface area (Å²) in [7, 11) is 0. The Bertz CT molecular complexity index is 947. The minimum atomic E-state index is -0.306. The maximum Gasteiger partial charge on any atom is 0.272 e. The number of amides is 1. The van der Waals surface area contributed by atoms with Crippen molar-refractivity contribution < 1.29 is 4.79 Å². The molecule has 5 nitrogen and oxygen atoms in total. The lowest BCUT2D eigenvalue weighted by molar-refractivity contribution is 0.0932. The summed E-state index contributed by atoms with van der Waals surface area (Å²) < 4.78 is 1.31. The second-order valence-corrected chi connectivity index (χ2v) is 6.31. The molecule has 0 unspecified atom stereocenters. The van der Waals surface area contributed by atoms with Gasteiger partial charge in [0.1, 0.15) is 5.69 Å². The van der Waals surface area contributed by atoms with Crippen molar-refractivity contribution in [1.82, 2.24) is 15.1 Å². The maximum absolute atomic E-state index is 12.5. The predicted molar refractivity (Wildman–Crippen MR) is 101 cm³/mol. The van der Waals surface area contributed by atoms with Crippen LogP contribution in [0.15, 0.2) is 71.5 Å². The number of hydrogen-bond donors (Lipinski definition) is 1. The molecule has 0 aliphatic rings. The van der Waals surface area contributed by atoms with Crippen LogP contribution in [0.4, 0.5) is 0 Å². The fourth-order valence-corrected chi connectivity index (χ4v) is 2.65. The molecule has 1 heterocycles. The molecule has 0 radical (unpaired) electrons. The van der Waals surface area contributed by atoms with Gasteiger partial charge in [0.15, 0.2) is 0 Å². The zero-order valence-corrected chi connectivity index (χ0v) is 14.8. The Morgan fingerprint density at radius 1 is 1.04 bits per heavy atom. The maximum atomic E-state index is 12.5. The molecule has 0 saturated heterocycles. The Morgan fingerprint density at radius 3 is 2.42 bits per heavy atom. The molecule has 2 aromatic carbocycles. The van der Waals surface area contributed by atoms with Crippen molar-refractivity contribution in [2.45, 2.75) is 26.4 Å². The first-order valence-electron chi connectivity index (χ1n) is 8.52. The van der Waals surface area contributed by atoms with E-state index in [1.807, 2.05) is 68.4 Å². The molecule has 3 aromatic rings. The Kier molecular flexibility index (Phi) is 5.27. The van der Waals surface area contributed by atoms with Gasteiger partial charge in [0.05, 0.1) is 12.6 Å². The SMILES string of the molecule is Cc1ccc(Cn2nc(C(=O)N[C@@H](C)c3ccccc3)ccc2=O)cc1. The summed E-state index contributed by atoms with van der Waals surface area (Å²) in [6.45, 7) is 4.25. The normalized spacial score (nSPS) is 11.8. The van der Waals surface area contributed by atoms with E-state index in [9.17, 15) is 9.59 Å². The topological polar surface area (TPSA) is 64.0 Å². The Morgan fingerprint density at radius 2 is 1.73 bits per heavy atom. The molecule has 0 aliphatic heterocycles. The van der Waals surface area contributed by atoms with Crippen LogP contribution in [0.5, 0.6) is 0 Å². The van der Waals surface area contributed by atoms with Crippen LogP contribution in [0.25, 0.3) is 0 Å². The van der Waals surface area contributed by atoms with E-state index in [0.717, 1.165) is 16.7 Å². The average Bonchev–Trinajstić information content (AvgIpc) is 2.66. The number of hydrogen-bond acceptors (Lipinski definition) is 3. The van der Waals surface area contributed by atoms with Gasteiger partial charge in [-0.2, -0.15) is 5.10 Å². The van der Waals surface area contributed by atoms with Crippen molar-refractivity contribution in [2.75, 3.05) is 0 Å². The first-order valence-corrected chi connectivity index (χ1v) is 8.52. The van der Waals surface area contributed by atoms with Crippen LogP contribution in [-0.4, -0.2) is 15.7 Å². The fraction of sp³-hybridized carbons (Fsp3) is 0.190. The summed E-state index contributed by atoms with van der Waals surface area (Å²) in [5.74, 6) is -0.306. The molecule has 0 aliphatic carbocycles. The average molecular weight is 347 g/mol. The number of carbonyl (C=O) groups is 1. The number of aromatic nitrogens is 2. The lowest BCUT2D eigenvalue weighted by atomic mass is 10.1. The number of benzene rings is 2. The van der Waals surface area contributed by atoms with Gasteiger partial charge < -0.3 is 5.32 Å². The summed E-state index contributed by atoms with van der Waals surface area (Å²) >= 11 is 0. The number of rotatable bonds is 5. The fourth-order valence-electron chi connectivity index (χ4n) is 2.65. The molecule has 0 fully saturated rings. The summed E-state index contributed by atoms with van der Waals surface area (Å²) in [6, 6.07) is 20.3. The molecule has 1 atom stereocenters. The highest BCUT2D eigenvalue weighted by Crippen LogP contribution is 2.11. The van der Waals surface area contributed by atoms with Gasteiger partial charge in [-0.15, -0.1) is 0 Å². The third kappa shape index (κ3) is 4.25. The van der Waals surface area contributed by atoms with E-state index in [-0.39, 0.29) is 23.2 Å². The zero-order chi connectivity index (χ0) is 18.5. The van der Waals surface area contributed by atoms with Gasteiger partial charge in [-0.1, -0.05) is 60.2 Å². The number of nitrogens with one attached hydrogen (secondary N) is 1. The van der Waals surface area contributed by atoms with Crippen molar-refractivity contribution in [3.8, 4) is 0 Å². The standard InChI is InChI=1S/C21H21N3O2/c1-15-8-10-17(11-9-15)14-24-20(25)13-12-19(23-24)21(26)22-16(2)18-6-4-3-5-7-18/h3-13,16H,14H2,1-2H3,(H,22,26)/t16-/m0/s1. The van der Waals surface area contributed by atoms with E-state index in [1.54, 1.807) is 0 Å². The van der Waals surface area contributed by atoms with Crippen LogP contribution in [0, 0.1) is 6.92 Å². The molecule has 26 heavy (non-hydrogen) atoms. The second kappa shape index (κ2) is 7.78. The van der Waals surface area contributed by atoms with Gasteiger partial charge in [-0.05, 0) is 31.0 Å². The molecule has 1 aromatic heterocycles. The number of carbonyl (C=O) groups excluding carboxylic acids is 1. The van der Waals surface area contributed by atoms with Crippen LogP contribution in [0.1, 0.15) is 40.1 Å². The van der Waals surface area contributed by atoms with Gasteiger partial charge >= 0.3 is 0 Å². The molecule has 0 saturated carbocycles. The second-order valence-electron chi connectivity index (χ2n) is 6.31. The van der Waals surface area contributed by atoms with Crippen molar-refractivity contribution >= 4 is 5.91 Å². The van der Waals surface area contributed by atoms with Crippen LogP contribution >= 0.6 is 0 Å². The summed E-state index contributed by atoms with van der Waals surface area (Å²) in [5.41, 5.74) is 3.10. The van der Waals surface area contributed by atoms with E-state index in [0.29, 0.717) is 6.54 Å². The summed E-state index contributed by atoms with van der Waals surface area (Å²) in [4.78, 5) is 24.6. The lowest BCUT2D eigenvalue weighted by Gasteiger charge is -2.14. The predicted octanol–water partition coefficient (Wildman–Crippen LogP) is 3.09. The molecule has 1 amide bonds. The van der Waals surface area contributed by atoms with E-state index in [2.05, 4.69) is 10.4 Å². The zero-order valence-electron chi connectivity index (χ0n) is 14.8. The van der Waals surface area contributed by atoms with E-state index >= 15 is 0 Å². The Labute approximate surface area is 152 Å². The van der Waals surface area contributed by atoms with E-state index in [1.165, 1.54) is 16.8 Å². The largest absolute Gasteiger partial charge is 0.344 e. The lowest BCUT2D eigenvalue weighted by Crippen LogP contribution is -2.31. The van der Waals surface area contributed by atoms with Crippen LogP contribution < -0.4 is 10.9 Å². The number of aryl methyl sites for hydroxylation is 1. The highest BCUT2D eigenvalue weighted by molar-refractivity contribution is 5.92. The first kappa shape index (κ1) is 17.6. The first-order chi connectivity index (χ1) is 12.5. The highest BCUT2D eigenvalue weighted by atomic mass is 16.2. The molecule has 0 spiro atoms. The van der Waals surface area contributed by atoms with Crippen molar-refractivity contribution in [2.24, 2.45) is 0 Å². The van der Waals surface area contributed by atoms with Gasteiger partial charge in [-0.3, -0.25) is 9.59 Å². The Hall–Kier alpha value is -3.21. The number of nitrogens with zero attached hydrogens (tertiary/aromatic N) is 2. The van der Waals surface area contributed by atoms with E-state index < -0.39 is 0 Å². The summed E-state index contributed by atoms with van der Waals surface area (Å²) in [5, 5.41) is 7.14. The smallest absolute Gasteiger partial charge is 0.272 e. The molecule has 3 rings (SSSR count). The molecule has 0 bridgehead atoms. The molecular formula is C21H21N3O2. The van der Waals surface area contributed by atoms with Crippen molar-refractivity contribution in [1.29, 1.82) is 0 Å². The van der Waals surface area contributed by atoms with Crippen molar-refractivity contribution in [3.63, 3.8) is 0 Å². The highest BCUT2D eigenvalue weighted by Gasteiger charge is 2.14. The van der Waals surface area contributed by atoms with Gasteiger partial charge in [0.2, 0.25) is 0 Å². The van der Waals surface area contributed by atoms with Gasteiger partial charge in [-0.25, -0.2) is 4.68 Å². The minimum absolute atomic E-state index is 0.150. The van der Waals surface area contributed by atoms with Gasteiger partial charge in [0.25, 0.3) is 11.5 Å². The molecule has 132 valence electrons. The minimum Gasteiger partial charge on any atom is -0.344 e. The molecule has 5 heteroatoms. The van der Waals surface area contributed by atoms with Crippen molar-refractivity contribution in [3.05, 3.63) is 99.5 Å². The van der Waals surface area contributed by atoms with E-state index in [4.69, 9.17) is 0 Å². The quantitative estimate of drug-likeness (QED) is 0.771. The third-order valence-electron chi connectivity index (χ3n) is 4.20.